The lowest BCUT2D eigenvalue weighted by atomic mass is 10.1. The van der Waals surface area contributed by atoms with Crippen LogP contribution in [0.25, 0.3) is 49.8 Å². The molecular formula is C84H106Cl2F12N24O6. The Morgan fingerprint density at radius 3 is 0.938 bits per heavy atom. The number of benzene rings is 3. The van der Waals surface area contributed by atoms with Gasteiger partial charge in [0.1, 0.15) is 79.8 Å². The SMILES string of the molecule is C=CC(=O)N(CC)CC.C=CC(=O)N(CC)CC.C=CC(=O)N(CC)CC.CCN(CC)C1CN(c2nc(N)c3cc(C(F)(F)F)n(-c4c(F)ccc(Cl)c4N)c(=O)c3n2)C1.CCN(CC)C1CN(c2nc(N)c3cc(C(F)(F)F)n(-c4c(N)ccc(Cl)c4F)c(=O)c3n2)C1.CCN(CC)C1CN(c2nc(N)c3cc(C(F)(F)F)n(-c4c(N)cccc4F)c(=O)c3n2)C1. The Bertz CT molecular complexity index is 5390. The van der Waals surface area contributed by atoms with Gasteiger partial charge in [-0.3, -0.25) is 57.2 Å². The number of carbonyl (C=O) groups is 3. The first kappa shape index (κ1) is 103. The number of carbonyl (C=O) groups excluding carboxylic acids is 3. The number of pyridine rings is 3. The number of nitrogen functional groups attached to an aromatic ring is 6. The Kier molecular flexibility index (Phi) is 35.5. The molecule has 3 saturated heterocycles. The van der Waals surface area contributed by atoms with Gasteiger partial charge in [0.2, 0.25) is 35.6 Å². The molecular weight excluding hydrogens is 1740 g/mol. The average Bonchev–Trinajstić information content (AvgIpc) is 0.742. The topological polar surface area (TPSA) is 380 Å². The van der Waals surface area contributed by atoms with Crippen molar-refractivity contribution in [1.29, 1.82) is 0 Å². The number of nitrogens with zero attached hydrogens (tertiary/aromatic N) is 18. The van der Waals surface area contributed by atoms with E-state index in [1.54, 1.807) is 29.4 Å². The molecule has 3 amide bonds. The summed E-state index contributed by atoms with van der Waals surface area (Å²) in [7, 11) is 0. The Hall–Kier alpha value is -12.0. The van der Waals surface area contributed by atoms with Crippen LogP contribution in [-0.2, 0) is 32.9 Å². The highest BCUT2D eigenvalue weighted by molar-refractivity contribution is 6.33. The third-order valence-electron chi connectivity index (χ3n) is 21.6. The molecule has 9 aromatic rings. The molecule has 9 heterocycles. The van der Waals surface area contributed by atoms with Crippen molar-refractivity contribution in [2.75, 3.05) is 167 Å². The monoisotopic (exact) mass is 1840 g/mol. The predicted octanol–water partition coefficient (Wildman–Crippen LogP) is 12.3. The number of likely N-dealkylation sites (N-methyl/N-ethyl adjacent to an activating group) is 6. The number of amides is 3. The van der Waals surface area contributed by atoms with Crippen LogP contribution in [0, 0.1) is 17.5 Å². The summed E-state index contributed by atoms with van der Waals surface area (Å²) in [5.74, 6) is -3.95. The molecule has 44 heteroatoms. The molecule has 3 fully saturated rings. The summed E-state index contributed by atoms with van der Waals surface area (Å²) in [5, 5.41) is -1.54. The van der Waals surface area contributed by atoms with E-state index in [2.05, 4.69) is 64.3 Å². The van der Waals surface area contributed by atoms with Gasteiger partial charge in [-0.1, -0.05) is 90.5 Å². The first-order chi connectivity index (χ1) is 60.3. The maximum atomic E-state index is 14.8. The lowest BCUT2D eigenvalue weighted by Gasteiger charge is -2.44. The number of nitrogens with two attached hydrogens (primary N) is 6. The Morgan fingerprint density at radius 1 is 0.398 bits per heavy atom. The lowest BCUT2D eigenvalue weighted by Crippen LogP contribution is -2.60. The second kappa shape index (κ2) is 44.1. The third-order valence-corrected chi connectivity index (χ3v) is 22.2. The van der Waals surface area contributed by atoms with Crippen molar-refractivity contribution < 1.29 is 67.1 Å². The summed E-state index contributed by atoms with van der Waals surface area (Å²) in [6.45, 7) is 47.3. The van der Waals surface area contributed by atoms with Crippen LogP contribution in [0.3, 0.4) is 0 Å². The van der Waals surface area contributed by atoms with Crippen molar-refractivity contribution >= 4 is 126 Å². The fourth-order valence-electron chi connectivity index (χ4n) is 14.4. The van der Waals surface area contributed by atoms with Crippen molar-refractivity contribution in [2.24, 2.45) is 0 Å². The zero-order chi connectivity index (χ0) is 95.8. The number of aromatic nitrogens is 9. The molecule has 696 valence electrons. The van der Waals surface area contributed by atoms with Gasteiger partial charge in [0.15, 0.2) is 5.82 Å². The molecule has 0 atom stereocenters. The molecule has 3 aromatic carbocycles. The Morgan fingerprint density at radius 2 is 0.672 bits per heavy atom. The van der Waals surface area contributed by atoms with Crippen molar-refractivity contribution in [3.8, 4) is 17.1 Å². The Balaban J connectivity index is 0.000000229. The van der Waals surface area contributed by atoms with E-state index in [1.807, 2.05) is 83.1 Å². The van der Waals surface area contributed by atoms with E-state index in [1.165, 1.54) is 30.4 Å². The normalized spacial score (nSPS) is 13.5. The first-order valence-corrected chi connectivity index (χ1v) is 41.7. The minimum Gasteiger partial charge on any atom is -0.397 e. The molecule has 0 unspecified atom stereocenters. The minimum atomic E-state index is -5.05. The van der Waals surface area contributed by atoms with Crippen LogP contribution in [-0.4, -0.2) is 227 Å². The minimum absolute atomic E-state index is 0.0139. The summed E-state index contributed by atoms with van der Waals surface area (Å²) in [4.78, 5) is 115. The number of anilines is 9. The van der Waals surface area contributed by atoms with Crippen LogP contribution >= 0.6 is 23.2 Å². The number of para-hydroxylation sites is 1. The van der Waals surface area contributed by atoms with Gasteiger partial charge in [0.05, 0.1) is 43.3 Å². The van der Waals surface area contributed by atoms with Crippen LogP contribution in [0.4, 0.5) is 105 Å². The second-order valence-corrected chi connectivity index (χ2v) is 29.6. The van der Waals surface area contributed by atoms with Gasteiger partial charge in [0.25, 0.3) is 16.7 Å². The average molecular weight is 1850 g/mol. The van der Waals surface area contributed by atoms with Crippen LogP contribution in [0.2, 0.25) is 10.0 Å². The number of fused-ring (bicyclic) bond motifs is 3. The second-order valence-electron chi connectivity index (χ2n) is 28.8. The van der Waals surface area contributed by atoms with Gasteiger partial charge in [-0.05, 0) is 154 Å². The first-order valence-electron chi connectivity index (χ1n) is 40.9. The predicted molar refractivity (Wildman–Crippen MR) is 478 cm³/mol. The van der Waals surface area contributed by atoms with E-state index in [0.717, 1.165) is 109 Å². The molecule has 12 rings (SSSR count). The summed E-state index contributed by atoms with van der Waals surface area (Å²) < 4.78 is 170. The fourth-order valence-corrected chi connectivity index (χ4v) is 14.7. The van der Waals surface area contributed by atoms with Crippen LogP contribution < -0.4 is 65.8 Å². The molecule has 3 aliphatic heterocycles. The van der Waals surface area contributed by atoms with Crippen LogP contribution in [0.15, 0.2) is 113 Å². The van der Waals surface area contributed by atoms with Gasteiger partial charge in [-0.15, -0.1) is 0 Å². The molecule has 0 saturated carbocycles. The zero-order valence-corrected chi connectivity index (χ0v) is 74.4. The van der Waals surface area contributed by atoms with Gasteiger partial charge in [-0.2, -0.15) is 54.5 Å². The number of hydrogen-bond acceptors (Lipinski definition) is 24. The summed E-state index contributed by atoms with van der Waals surface area (Å²) in [5.41, 5.74) is 22.4. The number of rotatable bonds is 24. The Labute approximate surface area is 740 Å². The van der Waals surface area contributed by atoms with E-state index < -0.39 is 103 Å². The highest BCUT2D eigenvalue weighted by Crippen LogP contribution is 2.41. The van der Waals surface area contributed by atoms with Gasteiger partial charge < -0.3 is 63.8 Å². The van der Waals surface area contributed by atoms with Gasteiger partial charge in [-0.25, -0.2) is 28.1 Å². The highest BCUT2D eigenvalue weighted by Gasteiger charge is 2.43. The summed E-state index contributed by atoms with van der Waals surface area (Å²) in [6, 6.07) is 10.1. The van der Waals surface area contributed by atoms with Gasteiger partial charge >= 0.3 is 18.5 Å². The molecule has 12 N–H and O–H groups in total. The van der Waals surface area contributed by atoms with Crippen molar-refractivity contribution in [3.63, 3.8) is 0 Å². The lowest BCUT2D eigenvalue weighted by molar-refractivity contribution is -0.143. The van der Waals surface area contributed by atoms with Crippen LogP contribution in [0.1, 0.15) is 100 Å². The number of alkyl halides is 9. The number of hydrogen-bond donors (Lipinski definition) is 6. The van der Waals surface area contributed by atoms with E-state index in [4.69, 9.17) is 57.6 Å². The standard InChI is InChI=1S/2C21H22ClF4N7O.C21H23F4N7O.3C7H13NO/c1-3-31(4-2)10-8-32(9-10)20-29-16-11(18(28)30-20)7-14(21(24,25)26)33(19(16)34)17-13(27)6-5-12(22)15(17)23;1-3-31(4-2)10-8-32(9-10)20-29-16-11(18(28)30-20)7-14(21(24,25)26)33(19(16)34)17-13(23)6-5-12(22)15(17)27;1-3-30(4-2)11-9-31(10-11)20-28-16-12(18(27)29-20)8-15(21(23,24)25)32(19(16)33)17-13(22)6-5-7-14(17)26;3*1-4-7(9)8(5-2)6-3/h2*5-7,10H,3-4,8-9,27H2,1-2H3,(H2,28,29,30);5-8,11H,3-4,9-10,26H2,1-2H3,(H2,27,28,29);3*4H,1,5-6H2,2-3H3. The van der Waals surface area contributed by atoms with Crippen LogP contribution in [0.5, 0.6) is 0 Å². The molecule has 3 aliphatic rings. The summed E-state index contributed by atoms with van der Waals surface area (Å²) in [6.07, 6.45) is -11.1. The van der Waals surface area contributed by atoms with E-state index in [0.29, 0.717) is 57.5 Å². The molecule has 30 nitrogen and oxygen atoms in total. The molecule has 0 aliphatic carbocycles. The summed E-state index contributed by atoms with van der Waals surface area (Å²) >= 11 is 11.7. The third kappa shape index (κ3) is 22.9. The van der Waals surface area contributed by atoms with E-state index in [-0.39, 0.29) is 128 Å². The smallest absolute Gasteiger partial charge is 0.397 e. The maximum absolute atomic E-state index is 14.8. The maximum Gasteiger partial charge on any atom is 0.431 e. The number of halogens is 14. The molecule has 6 aromatic heterocycles. The fraction of sp³-hybridized carbons (Fsp3) is 0.429. The van der Waals surface area contributed by atoms with Crippen molar-refractivity contribution in [1.82, 2.24) is 73.0 Å². The molecule has 128 heavy (non-hydrogen) atoms. The van der Waals surface area contributed by atoms with E-state index in [9.17, 15) is 81.5 Å². The molecule has 0 bridgehead atoms. The quantitative estimate of drug-likeness (QED) is 0.0186. The zero-order valence-electron chi connectivity index (χ0n) is 72.8. The molecule has 0 spiro atoms. The van der Waals surface area contributed by atoms with Crippen molar-refractivity contribution in [2.45, 2.75) is 120 Å². The van der Waals surface area contributed by atoms with Crippen molar-refractivity contribution in [3.05, 3.63) is 174 Å². The van der Waals surface area contributed by atoms with Gasteiger partial charge in [0, 0.05) is 96.7 Å². The molecule has 0 radical (unpaired) electrons. The van der Waals surface area contributed by atoms with E-state index >= 15 is 0 Å². The largest absolute Gasteiger partial charge is 0.431 e. The highest BCUT2D eigenvalue weighted by atomic mass is 35.5.